The minimum Gasteiger partial charge on any atom is -0.489 e. The van der Waals surface area contributed by atoms with Gasteiger partial charge in [-0.15, -0.1) is 0 Å². The van der Waals surface area contributed by atoms with Gasteiger partial charge >= 0.3 is 0 Å². The van der Waals surface area contributed by atoms with Crippen molar-refractivity contribution in [2.24, 2.45) is 7.05 Å². The average Bonchev–Trinajstić information content (AvgIpc) is 2.92. The zero-order valence-corrected chi connectivity index (χ0v) is 16.0. The molecule has 1 heterocycles. The van der Waals surface area contributed by atoms with Gasteiger partial charge in [0.15, 0.2) is 0 Å². The molecular weight excluding hydrogens is 338 g/mol. The largest absolute Gasteiger partial charge is 0.489 e. The van der Waals surface area contributed by atoms with Gasteiger partial charge in [-0.3, -0.25) is 9.48 Å². The van der Waals surface area contributed by atoms with E-state index in [2.05, 4.69) is 16.5 Å². The van der Waals surface area contributed by atoms with Crippen LogP contribution in [-0.2, 0) is 31.4 Å². The van der Waals surface area contributed by atoms with Crippen LogP contribution in [0.3, 0.4) is 0 Å². The molecule has 0 aliphatic heterocycles. The Morgan fingerprint density at radius 2 is 1.81 bits per heavy atom. The molecule has 0 unspecified atom stereocenters. The summed E-state index contributed by atoms with van der Waals surface area (Å²) >= 11 is 0. The molecule has 0 aliphatic rings. The fraction of sp³-hybridized carbons (Fsp3) is 0.273. The minimum absolute atomic E-state index is 0.000128. The van der Waals surface area contributed by atoms with Gasteiger partial charge in [0.05, 0.1) is 12.1 Å². The molecule has 0 bridgehead atoms. The summed E-state index contributed by atoms with van der Waals surface area (Å²) in [6.45, 7) is 4.92. The van der Waals surface area contributed by atoms with E-state index in [0.29, 0.717) is 19.6 Å². The van der Waals surface area contributed by atoms with E-state index in [1.54, 1.807) is 0 Å². The Bertz CT molecular complexity index is 917. The Morgan fingerprint density at radius 3 is 2.52 bits per heavy atom. The van der Waals surface area contributed by atoms with Crippen LogP contribution in [0.2, 0.25) is 0 Å². The predicted octanol–water partition coefficient (Wildman–Crippen LogP) is 3.47. The fourth-order valence-corrected chi connectivity index (χ4v) is 3.01. The number of amides is 1. The number of carbonyl (C=O) groups excluding carboxylic acids is 1. The van der Waals surface area contributed by atoms with Crippen molar-refractivity contribution in [1.82, 2.24) is 15.1 Å². The second-order valence-corrected chi connectivity index (χ2v) is 6.65. The first kappa shape index (κ1) is 18.7. The highest BCUT2D eigenvalue weighted by Gasteiger charge is 2.13. The number of hydrogen-bond acceptors (Lipinski definition) is 3. The maximum Gasteiger partial charge on any atom is 0.224 e. The van der Waals surface area contributed by atoms with Crippen molar-refractivity contribution in [1.29, 1.82) is 0 Å². The van der Waals surface area contributed by atoms with Crippen LogP contribution in [0.15, 0.2) is 54.6 Å². The predicted molar refractivity (Wildman–Crippen MR) is 105 cm³/mol. The number of hydrogen-bond donors (Lipinski definition) is 1. The van der Waals surface area contributed by atoms with Crippen LogP contribution in [-0.4, -0.2) is 15.7 Å². The van der Waals surface area contributed by atoms with E-state index in [1.165, 1.54) is 0 Å². The monoisotopic (exact) mass is 363 g/mol. The van der Waals surface area contributed by atoms with Crippen molar-refractivity contribution in [3.05, 3.63) is 82.7 Å². The minimum atomic E-state index is 0.000128. The zero-order chi connectivity index (χ0) is 19.2. The summed E-state index contributed by atoms with van der Waals surface area (Å²) in [7, 11) is 1.90. The van der Waals surface area contributed by atoms with Crippen LogP contribution in [0, 0.1) is 13.8 Å². The van der Waals surface area contributed by atoms with Crippen LogP contribution in [0.4, 0.5) is 0 Å². The Labute approximate surface area is 160 Å². The summed E-state index contributed by atoms with van der Waals surface area (Å²) in [5.41, 5.74) is 5.06. The molecule has 3 aromatic rings. The van der Waals surface area contributed by atoms with E-state index in [1.807, 2.05) is 74.1 Å². The quantitative estimate of drug-likeness (QED) is 0.699. The highest BCUT2D eigenvalue weighted by Crippen LogP contribution is 2.14. The van der Waals surface area contributed by atoms with Crippen LogP contribution >= 0.6 is 0 Å². The topological polar surface area (TPSA) is 56.2 Å². The van der Waals surface area contributed by atoms with Gasteiger partial charge in [-0.05, 0) is 37.1 Å². The molecule has 0 fully saturated rings. The fourth-order valence-electron chi connectivity index (χ4n) is 3.01. The summed E-state index contributed by atoms with van der Waals surface area (Å²) in [6.07, 6.45) is 0.350. The molecule has 140 valence electrons. The Hall–Kier alpha value is -3.08. The Balaban J connectivity index is 1.54. The van der Waals surface area contributed by atoms with E-state index in [0.717, 1.165) is 33.8 Å². The summed E-state index contributed by atoms with van der Waals surface area (Å²) in [5.74, 6) is 0.846. The second-order valence-electron chi connectivity index (χ2n) is 6.65. The zero-order valence-electron chi connectivity index (χ0n) is 16.0. The molecule has 0 spiro atoms. The van der Waals surface area contributed by atoms with Gasteiger partial charge in [-0.25, -0.2) is 0 Å². The molecule has 0 saturated carbocycles. The third-order valence-corrected chi connectivity index (χ3v) is 4.63. The maximum absolute atomic E-state index is 12.3. The number of ether oxygens (including phenoxy) is 1. The molecule has 0 radical (unpaired) electrons. The number of nitrogens with one attached hydrogen (secondary N) is 1. The van der Waals surface area contributed by atoms with Gasteiger partial charge < -0.3 is 10.1 Å². The van der Waals surface area contributed by atoms with Crippen molar-refractivity contribution in [2.75, 3.05) is 0 Å². The summed E-state index contributed by atoms with van der Waals surface area (Å²) in [5, 5.41) is 7.36. The second kappa shape index (κ2) is 8.54. The third-order valence-electron chi connectivity index (χ3n) is 4.63. The summed E-state index contributed by atoms with van der Waals surface area (Å²) < 4.78 is 7.60. The van der Waals surface area contributed by atoms with Crippen molar-refractivity contribution >= 4 is 5.91 Å². The molecule has 0 aliphatic carbocycles. The molecule has 0 saturated heterocycles. The number of benzene rings is 2. The molecule has 1 amide bonds. The number of rotatable bonds is 7. The molecule has 5 nitrogen and oxygen atoms in total. The maximum atomic E-state index is 12.3. The first-order chi connectivity index (χ1) is 13.0. The van der Waals surface area contributed by atoms with Gasteiger partial charge in [0, 0.05) is 24.8 Å². The normalized spacial score (nSPS) is 10.6. The number of aromatic nitrogens is 2. The van der Waals surface area contributed by atoms with Gasteiger partial charge in [0.25, 0.3) is 0 Å². The molecule has 5 heteroatoms. The first-order valence-electron chi connectivity index (χ1n) is 9.04. The average molecular weight is 363 g/mol. The van der Waals surface area contributed by atoms with E-state index in [-0.39, 0.29) is 5.91 Å². The van der Waals surface area contributed by atoms with E-state index in [4.69, 9.17) is 4.74 Å². The highest BCUT2D eigenvalue weighted by atomic mass is 16.5. The van der Waals surface area contributed by atoms with E-state index < -0.39 is 0 Å². The van der Waals surface area contributed by atoms with Crippen molar-refractivity contribution in [3.63, 3.8) is 0 Å². The third kappa shape index (κ3) is 4.97. The van der Waals surface area contributed by atoms with Crippen molar-refractivity contribution < 1.29 is 9.53 Å². The molecular formula is C22H25N3O2. The van der Waals surface area contributed by atoms with Crippen LogP contribution in [0.25, 0.3) is 0 Å². The lowest BCUT2D eigenvalue weighted by Crippen LogP contribution is -2.25. The van der Waals surface area contributed by atoms with E-state index in [9.17, 15) is 4.79 Å². The van der Waals surface area contributed by atoms with Crippen LogP contribution < -0.4 is 10.1 Å². The molecule has 2 aromatic carbocycles. The smallest absolute Gasteiger partial charge is 0.224 e. The van der Waals surface area contributed by atoms with Gasteiger partial charge in [-0.1, -0.05) is 42.5 Å². The Morgan fingerprint density at radius 1 is 1.07 bits per heavy atom. The van der Waals surface area contributed by atoms with Crippen molar-refractivity contribution in [3.8, 4) is 5.75 Å². The first-order valence-corrected chi connectivity index (χ1v) is 9.04. The van der Waals surface area contributed by atoms with Gasteiger partial charge in [-0.2, -0.15) is 5.10 Å². The standard InChI is InChI=1S/C22H25N3O2/c1-16-21(17(2)25(3)24-16)13-22(26)23-14-18-8-7-9-19(12-18)15-27-20-10-5-4-6-11-20/h4-12H,13-15H2,1-3H3,(H,23,26). The SMILES string of the molecule is Cc1nn(C)c(C)c1CC(=O)NCc1cccc(COc2ccccc2)c1. The number of nitrogens with zero attached hydrogens (tertiary/aromatic N) is 2. The highest BCUT2D eigenvalue weighted by molar-refractivity contribution is 5.79. The molecule has 1 aromatic heterocycles. The molecule has 27 heavy (non-hydrogen) atoms. The lowest BCUT2D eigenvalue weighted by molar-refractivity contribution is -0.120. The van der Waals surface area contributed by atoms with Crippen LogP contribution in [0.1, 0.15) is 28.1 Å². The molecule has 1 N–H and O–H groups in total. The van der Waals surface area contributed by atoms with Crippen LogP contribution in [0.5, 0.6) is 5.75 Å². The van der Waals surface area contributed by atoms with Crippen molar-refractivity contribution in [2.45, 2.75) is 33.4 Å². The summed E-state index contributed by atoms with van der Waals surface area (Å²) in [6, 6.07) is 17.8. The number of para-hydroxylation sites is 1. The number of aryl methyl sites for hydroxylation is 2. The lowest BCUT2D eigenvalue weighted by atomic mass is 10.1. The summed E-state index contributed by atoms with van der Waals surface area (Å²) in [4.78, 5) is 12.3. The van der Waals surface area contributed by atoms with Gasteiger partial charge in [0.2, 0.25) is 5.91 Å². The molecule has 0 atom stereocenters. The lowest BCUT2D eigenvalue weighted by Gasteiger charge is -2.09. The Kier molecular flexibility index (Phi) is 5.91. The van der Waals surface area contributed by atoms with Gasteiger partial charge in [0.1, 0.15) is 12.4 Å². The molecule has 3 rings (SSSR count). The van der Waals surface area contributed by atoms with E-state index >= 15 is 0 Å². The number of carbonyl (C=O) groups is 1.